The smallest absolute Gasteiger partial charge is 0.297 e. The molecule has 5 nitrogen and oxygen atoms in total. The molecule has 1 saturated heterocycles. The molecule has 1 fully saturated rings. The summed E-state index contributed by atoms with van der Waals surface area (Å²) in [4.78, 5) is 8.53. The Kier molecular flexibility index (Phi) is 2.93. The number of anilines is 1. The molecule has 1 aromatic rings. The van der Waals surface area contributed by atoms with Crippen molar-refractivity contribution >= 4 is 6.01 Å². The largest absolute Gasteiger partial charge is 0.432 e. The second kappa shape index (κ2) is 4.20. The van der Waals surface area contributed by atoms with Gasteiger partial charge >= 0.3 is 0 Å². The van der Waals surface area contributed by atoms with E-state index in [0.717, 1.165) is 19.5 Å². The zero-order chi connectivity index (χ0) is 10.8. The third kappa shape index (κ3) is 2.13. The van der Waals surface area contributed by atoms with E-state index < -0.39 is 0 Å². The summed E-state index contributed by atoms with van der Waals surface area (Å²) in [6, 6.07) is 1.19. The van der Waals surface area contributed by atoms with Crippen molar-refractivity contribution in [3.8, 4) is 0 Å². The number of hydrogen-bond acceptors (Lipinski definition) is 5. The van der Waals surface area contributed by atoms with Crippen LogP contribution in [-0.4, -0.2) is 48.2 Å². The Hall–Kier alpha value is -1.07. The minimum atomic E-state index is -0.0611. The number of likely N-dealkylation sites (N-methyl/N-ethyl adjacent to an activating group) is 1. The summed E-state index contributed by atoms with van der Waals surface area (Å²) in [5.74, 6) is 0. The lowest BCUT2D eigenvalue weighted by Crippen LogP contribution is -2.31. The average molecular weight is 211 g/mol. The van der Waals surface area contributed by atoms with E-state index in [1.807, 2.05) is 0 Å². The Morgan fingerprint density at radius 3 is 3.00 bits per heavy atom. The third-order valence-electron chi connectivity index (χ3n) is 2.87. The van der Waals surface area contributed by atoms with E-state index in [1.54, 1.807) is 0 Å². The van der Waals surface area contributed by atoms with Gasteiger partial charge in [-0.3, -0.25) is 0 Å². The average Bonchev–Trinajstić information content (AvgIpc) is 2.86. The number of oxazole rings is 1. The molecular weight excluding hydrogens is 194 g/mol. The van der Waals surface area contributed by atoms with Gasteiger partial charge in [-0.15, -0.1) is 0 Å². The van der Waals surface area contributed by atoms with Crippen LogP contribution >= 0.6 is 0 Å². The maximum absolute atomic E-state index is 8.88. The zero-order valence-corrected chi connectivity index (χ0v) is 9.18. The van der Waals surface area contributed by atoms with Crippen LogP contribution in [0, 0.1) is 0 Å². The van der Waals surface area contributed by atoms with E-state index >= 15 is 0 Å². The summed E-state index contributed by atoms with van der Waals surface area (Å²) < 4.78 is 5.30. The normalized spacial score (nSPS) is 21.6. The molecule has 1 aromatic heterocycles. The maximum atomic E-state index is 8.88. The first-order valence-electron chi connectivity index (χ1n) is 5.17. The summed E-state index contributed by atoms with van der Waals surface area (Å²) >= 11 is 0. The molecule has 0 radical (unpaired) electrons. The van der Waals surface area contributed by atoms with E-state index in [0.29, 0.717) is 17.8 Å². The Bertz CT molecular complexity index is 324. The van der Waals surface area contributed by atoms with Gasteiger partial charge in [0.25, 0.3) is 6.01 Å². The predicted molar refractivity (Wildman–Crippen MR) is 56.7 cm³/mol. The van der Waals surface area contributed by atoms with Gasteiger partial charge in [0, 0.05) is 19.1 Å². The highest BCUT2D eigenvalue weighted by molar-refractivity contribution is 5.29. The van der Waals surface area contributed by atoms with Gasteiger partial charge in [0.1, 0.15) is 12.0 Å². The van der Waals surface area contributed by atoms with Crippen molar-refractivity contribution in [3.63, 3.8) is 0 Å². The van der Waals surface area contributed by atoms with Crippen LogP contribution in [0.2, 0.25) is 0 Å². The van der Waals surface area contributed by atoms with Crippen LogP contribution in [-0.2, 0) is 6.61 Å². The zero-order valence-electron chi connectivity index (χ0n) is 9.18. The number of aromatic nitrogens is 1. The Morgan fingerprint density at radius 2 is 2.47 bits per heavy atom. The molecule has 1 aliphatic heterocycles. The van der Waals surface area contributed by atoms with E-state index in [4.69, 9.17) is 9.52 Å². The lowest BCUT2D eigenvalue weighted by Gasteiger charge is -2.19. The van der Waals surface area contributed by atoms with Gasteiger partial charge in [-0.25, -0.2) is 0 Å². The molecule has 1 atom stereocenters. The summed E-state index contributed by atoms with van der Waals surface area (Å²) in [5.41, 5.74) is 0.596. The second-order valence-corrected chi connectivity index (χ2v) is 4.13. The van der Waals surface area contributed by atoms with E-state index in [2.05, 4.69) is 28.9 Å². The van der Waals surface area contributed by atoms with Crippen molar-refractivity contribution in [2.45, 2.75) is 19.1 Å². The van der Waals surface area contributed by atoms with Crippen molar-refractivity contribution in [2.24, 2.45) is 0 Å². The molecule has 84 valence electrons. The van der Waals surface area contributed by atoms with Gasteiger partial charge in [0.2, 0.25) is 0 Å². The van der Waals surface area contributed by atoms with E-state index in [9.17, 15) is 0 Å². The second-order valence-electron chi connectivity index (χ2n) is 4.13. The van der Waals surface area contributed by atoms with Crippen molar-refractivity contribution in [3.05, 3.63) is 12.0 Å². The lowest BCUT2D eigenvalue weighted by atomic mass is 10.2. The fourth-order valence-electron chi connectivity index (χ4n) is 1.85. The molecule has 0 spiro atoms. The maximum Gasteiger partial charge on any atom is 0.297 e. The van der Waals surface area contributed by atoms with Gasteiger partial charge in [-0.2, -0.15) is 4.98 Å². The van der Waals surface area contributed by atoms with Crippen LogP contribution in [0.4, 0.5) is 6.01 Å². The quantitative estimate of drug-likeness (QED) is 0.779. The monoisotopic (exact) mass is 211 g/mol. The molecule has 1 aliphatic rings. The predicted octanol–water partition coefficient (Wildman–Crippen LogP) is 0.307. The molecular formula is C10H17N3O2. The summed E-state index contributed by atoms with van der Waals surface area (Å²) in [6.07, 6.45) is 2.64. The molecule has 0 aliphatic carbocycles. The Balaban J connectivity index is 2.01. The highest BCUT2D eigenvalue weighted by Crippen LogP contribution is 2.21. The van der Waals surface area contributed by atoms with Crippen molar-refractivity contribution in [2.75, 3.05) is 32.1 Å². The lowest BCUT2D eigenvalue weighted by molar-refractivity contribution is 0.276. The molecule has 2 rings (SSSR count). The van der Waals surface area contributed by atoms with Crippen molar-refractivity contribution in [1.82, 2.24) is 9.88 Å². The Labute approximate surface area is 89.3 Å². The summed E-state index contributed by atoms with van der Waals surface area (Å²) in [6.45, 7) is 1.85. The fraction of sp³-hybridized carbons (Fsp3) is 0.700. The van der Waals surface area contributed by atoms with E-state index in [-0.39, 0.29) is 6.61 Å². The van der Waals surface area contributed by atoms with Crippen LogP contribution in [0.3, 0.4) is 0 Å². The summed E-state index contributed by atoms with van der Waals surface area (Å²) in [5, 5.41) is 8.88. The van der Waals surface area contributed by atoms with Crippen molar-refractivity contribution < 1.29 is 9.52 Å². The number of aliphatic hydroxyl groups is 1. The van der Waals surface area contributed by atoms with Gasteiger partial charge in [0.05, 0.1) is 6.61 Å². The molecule has 0 saturated carbocycles. The Morgan fingerprint density at radius 1 is 1.67 bits per heavy atom. The van der Waals surface area contributed by atoms with Crippen LogP contribution in [0.25, 0.3) is 0 Å². The van der Waals surface area contributed by atoms with Gasteiger partial charge < -0.3 is 19.3 Å². The first-order chi connectivity index (χ1) is 7.20. The van der Waals surface area contributed by atoms with Gasteiger partial charge in [-0.1, -0.05) is 0 Å². The minimum absolute atomic E-state index is 0.0611. The topological polar surface area (TPSA) is 52.7 Å². The highest BCUT2D eigenvalue weighted by atomic mass is 16.4. The molecule has 0 bridgehead atoms. The number of hydrogen-bond donors (Lipinski definition) is 1. The van der Waals surface area contributed by atoms with Crippen molar-refractivity contribution in [1.29, 1.82) is 0 Å². The molecule has 2 heterocycles. The van der Waals surface area contributed by atoms with Crippen LogP contribution in [0.1, 0.15) is 12.1 Å². The van der Waals surface area contributed by atoms with Gasteiger partial charge in [-0.05, 0) is 20.5 Å². The third-order valence-corrected chi connectivity index (χ3v) is 2.87. The first-order valence-corrected chi connectivity index (χ1v) is 5.17. The molecule has 0 amide bonds. The van der Waals surface area contributed by atoms with Crippen LogP contribution < -0.4 is 4.90 Å². The molecule has 0 aromatic carbocycles. The molecule has 15 heavy (non-hydrogen) atoms. The molecule has 1 N–H and O–H groups in total. The number of rotatable bonds is 3. The van der Waals surface area contributed by atoms with Crippen LogP contribution in [0.5, 0.6) is 0 Å². The highest BCUT2D eigenvalue weighted by Gasteiger charge is 2.26. The number of nitrogens with zero attached hydrogens (tertiary/aromatic N) is 3. The molecule has 5 heteroatoms. The standard InChI is InChI=1S/C10H17N3O2/c1-12(2)9-3-4-13(5-9)10-11-8(6-14)7-15-10/h7,9,14H,3-6H2,1-2H3. The van der Waals surface area contributed by atoms with Crippen LogP contribution in [0.15, 0.2) is 10.7 Å². The van der Waals surface area contributed by atoms with E-state index in [1.165, 1.54) is 6.26 Å². The fourth-order valence-corrected chi connectivity index (χ4v) is 1.85. The SMILES string of the molecule is CN(C)C1CCN(c2nc(CO)co2)C1. The first kappa shape index (κ1) is 10.4. The number of aliphatic hydroxyl groups excluding tert-OH is 1. The summed E-state index contributed by atoms with van der Waals surface area (Å²) in [7, 11) is 4.17. The molecule has 1 unspecified atom stereocenters. The van der Waals surface area contributed by atoms with Gasteiger partial charge in [0.15, 0.2) is 0 Å². The minimum Gasteiger partial charge on any atom is -0.432 e.